The van der Waals surface area contributed by atoms with Crippen LogP contribution in [-0.4, -0.2) is 42.4 Å². The summed E-state index contributed by atoms with van der Waals surface area (Å²) in [6.45, 7) is 5.04. The number of carbonyl (C=O) groups excluding carboxylic acids is 2. The molecule has 0 saturated carbocycles. The number of piperidine rings is 1. The molecule has 2 N–H and O–H groups in total. The molecule has 168 valence electrons. The molecule has 6 nitrogen and oxygen atoms in total. The minimum Gasteiger partial charge on any atom is -0.449 e. The highest BCUT2D eigenvalue weighted by Gasteiger charge is 2.23. The summed E-state index contributed by atoms with van der Waals surface area (Å²) in [4.78, 5) is 27.5. The Hall–Kier alpha value is -2.83. The second kappa shape index (κ2) is 10.2. The molecule has 32 heavy (non-hydrogen) atoms. The van der Waals surface area contributed by atoms with Gasteiger partial charge in [0.05, 0.1) is 5.69 Å². The van der Waals surface area contributed by atoms with Crippen LogP contribution in [-0.2, 0) is 4.79 Å². The smallest absolute Gasteiger partial charge is 0.291 e. The number of anilines is 1. The Labute approximate surface area is 193 Å². The lowest BCUT2D eigenvalue weighted by atomic mass is 10.0. The lowest BCUT2D eigenvalue weighted by Gasteiger charge is -2.33. The molecular weight excluding hydrogens is 426 g/mol. The van der Waals surface area contributed by atoms with E-state index in [9.17, 15) is 9.59 Å². The van der Waals surface area contributed by atoms with E-state index in [1.807, 2.05) is 6.07 Å². The number of rotatable bonds is 6. The van der Waals surface area contributed by atoms with Gasteiger partial charge >= 0.3 is 0 Å². The van der Waals surface area contributed by atoms with Crippen molar-refractivity contribution in [3.63, 3.8) is 0 Å². The number of benzene rings is 2. The van der Waals surface area contributed by atoms with E-state index >= 15 is 0 Å². The van der Waals surface area contributed by atoms with Crippen molar-refractivity contribution in [3.8, 4) is 5.75 Å². The fourth-order valence-electron chi connectivity index (χ4n) is 4.13. The van der Waals surface area contributed by atoms with Crippen molar-refractivity contribution >= 4 is 35.2 Å². The summed E-state index contributed by atoms with van der Waals surface area (Å²) < 4.78 is 5.77. The molecule has 1 atom stereocenters. The lowest BCUT2D eigenvalue weighted by molar-refractivity contribution is -0.115. The largest absolute Gasteiger partial charge is 0.449 e. The monoisotopic (exact) mass is 453 g/mol. The Kier molecular flexibility index (Phi) is 7.12. The number of halogens is 1. The number of nitrogens with one attached hydrogen (secondary N) is 2. The van der Waals surface area contributed by atoms with Crippen LogP contribution in [0, 0.1) is 0 Å². The molecular formula is C25H28ClN3O3. The molecule has 7 heteroatoms. The van der Waals surface area contributed by atoms with E-state index in [4.69, 9.17) is 16.3 Å². The van der Waals surface area contributed by atoms with Crippen LogP contribution in [0.2, 0.25) is 5.02 Å². The van der Waals surface area contributed by atoms with E-state index in [-0.39, 0.29) is 17.6 Å². The quantitative estimate of drug-likeness (QED) is 0.491. The normalized spacial score (nSPS) is 19.8. The molecule has 2 aliphatic rings. The fourth-order valence-corrected chi connectivity index (χ4v) is 4.32. The predicted octanol–water partition coefficient (Wildman–Crippen LogP) is 4.71. The Morgan fingerprint density at radius 2 is 2.16 bits per heavy atom. The van der Waals surface area contributed by atoms with Crippen LogP contribution in [0.25, 0.3) is 6.08 Å². The predicted molar refractivity (Wildman–Crippen MR) is 127 cm³/mol. The van der Waals surface area contributed by atoms with Gasteiger partial charge in [-0.25, -0.2) is 0 Å². The van der Waals surface area contributed by atoms with Gasteiger partial charge in [0.15, 0.2) is 11.5 Å². The van der Waals surface area contributed by atoms with Gasteiger partial charge in [0.2, 0.25) is 0 Å². The first-order valence-corrected chi connectivity index (χ1v) is 11.5. The molecule has 0 aliphatic carbocycles. The molecule has 1 saturated heterocycles. The van der Waals surface area contributed by atoms with Crippen LogP contribution in [0.4, 0.5) is 5.69 Å². The van der Waals surface area contributed by atoms with Gasteiger partial charge < -0.3 is 20.3 Å². The number of hydrogen-bond acceptors (Lipinski definition) is 4. The lowest BCUT2D eigenvalue weighted by Crippen LogP contribution is -2.39. The number of hydrogen-bond donors (Lipinski definition) is 2. The molecule has 2 aromatic rings. The van der Waals surface area contributed by atoms with Crippen molar-refractivity contribution in [1.82, 2.24) is 10.2 Å². The molecule has 4 rings (SSSR count). The third-order valence-electron chi connectivity index (χ3n) is 5.93. The zero-order chi connectivity index (χ0) is 22.5. The van der Waals surface area contributed by atoms with Crippen LogP contribution in [0.1, 0.15) is 48.5 Å². The number of likely N-dealkylation sites (tertiary alicyclic amines) is 1. The molecule has 0 unspecified atom stereocenters. The number of fused-ring (bicyclic) bond motifs is 1. The molecule has 0 aromatic heterocycles. The number of ether oxygens (including phenoxy) is 1. The molecule has 0 bridgehead atoms. The minimum absolute atomic E-state index is 0.158. The first-order valence-electron chi connectivity index (χ1n) is 11.1. The SMILES string of the molecule is C[C@H]1CCCCN1CCCNC(=O)c1ccc2c(c1)NC(=O)/C(=C\c1cccc(Cl)c1)O2. The summed E-state index contributed by atoms with van der Waals surface area (Å²) in [5.41, 5.74) is 1.73. The van der Waals surface area contributed by atoms with Gasteiger partial charge in [-0.15, -0.1) is 0 Å². The second-order valence-electron chi connectivity index (χ2n) is 8.32. The van der Waals surface area contributed by atoms with Crippen LogP contribution < -0.4 is 15.4 Å². The maximum Gasteiger partial charge on any atom is 0.291 e. The molecule has 0 spiro atoms. The molecule has 2 heterocycles. The van der Waals surface area contributed by atoms with Crippen LogP contribution in [0.3, 0.4) is 0 Å². The van der Waals surface area contributed by atoms with Gasteiger partial charge in [0.25, 0.3) is 11.8 Å². The molecule has 1 fully saturated rings. The third kappa shape index (κ3) is 5.50. The zero-order valence-corrected chi connectivity index (χ0v) is 19.0. The summed E-state index contributed by atoms with van der Waals surface area (Å²) in [6, 6.07) is 12.8. The van der Waals surface area contributed by atoms with Gasteiger partial charge in [0.1, 0.15) is 0 Å². The second-order valence-corrected chi connectivity index (χ2v) is 8.76. The van der Waals surface area contributed by atoms with E-state index < -0.39 is 0 Å². The number of amides is 2. The van der Waals surface area contributed by atoms with E-state index in [2.05, 4.69) is 22.5 Å². The fraction of sp³-hybridized carbons (Fsp3) is 0.360. The van der Waals surface area contributed by atoms with Crippen molar-refractivity contribution < 1.29 is 14.3 Å². The highest BCUT2D eigenvalue weighted by molar-refractivity contribution is 6.30. The Bertz CT molecular complexity index is 1040. The van der Waals surface area contributed by atoms with E-state index in [0.717, 1.165) is 25.1 Å². The van der Waals surface area contributed by atoms with E-state index in [1.54, 1.807) is 42.5 Å². The van der Waals surface area contributed by atoms with Crippen LogP contribution in [0.15, 0.2) is 48.2 Å². The summed E-state index contributed by atoms with van der Waals surface area (Å²) >= 11 is 6.01. The minimum atomic E-state index is -0.370. The highest BCUT2D eigenvalue weighted by atomic mass is 35.5. The van der Waals surface area contributed by atoms with Gasteiger partial charge in [-0.2, -0.15) is 0 Å². The molecule has 0 radical (unpaired) electrons. The standard InChI is InChI=1S/C25H28ClN3O3/c1-17-6-2-3-12-29(17)13-5-11-27-24(30)19-9-10-22-21(16-19)28-25(31)23(32-22)15-18-7-4-8-20(26)14-18/h4,7-10,14-17H,2-3,5-6,11-13H2,1H3,(H,27,30)(H,28,31)/b23-15+/t17-/m0/s1. The first kappa shape index (κ1) is 22.4. The van der Waals surface area contributed by atoms with Crippen molar-refractivity contribution in [2.24, 2.45) is 0 Å². The topological polar surface area (TPSA) is 70.7 Å². The molecule has 2 aromatic carbocycles. The van der Waals surface area contributed by atoms with E-state index in [0.29, 0.717) is 34.6 Å². The van der Waals surface area contributed by atoms with Crippen molar-refractivity contribution in [1.29, 1.82) is 0 Å². The Balaban J connectivity index is 1.34. The zero-order valence-electron chi connectivity index (χ0n) is 18.2. The van der Waals surface area contributed by atoms with Crippen LogP contribution in [0.5, 0.6) is 5.75 Å². The summed E-state index contributed by atoms with van der Waals surface area (Å²) in [5.74, 6) is 0.136. The van der Waals surface area contributed by atoms with Crippen molar-refractivity contribution in [3.05, 3.63) is 64.4 Å². The van der Waals surface area contributed by atoms with E-state index in [1.165, 1.54) is 19.3 Å². The Morgan fingerprint density at radius 3 is 2.97 bits per heavy atom. The maximum absolute atomic E-state index is 12.6. The molecule has 2 amide bonds. The maximum atomic E-state index is 12.6. The number of nitrogens with zero attached hydrogens (tertiary/aromatic N) is 1. The van der Waals surface area contributed by atoms with Gasteiger partial charge in [-0.3, -0.25) is 9.59 Å². The highest BCUT2D eigenvalue weighted by Crippen LogP contribution is 2.32. The average molecular weight is 454 g/mol. The number of carbonyl (C=O) groups is 2. The third-order valence-corrected chi connectivity index (χ3v) is 6.16. The summed E-state index contributed by atoms with van der Waals surface area (Å²) in [7, 11) is 0. The summed E-state index contributed by atoms with van der Waals surface area (Å²) in [6.07, 6.45) is 6.37. The Morgan fingerprint density at radius 1 is 1.28 bits per heavy atom. The van der Waals surface area contributed by atoms with Crippen LogP contribution >= 0.6 is 11.6 Å². The van der Waals surface area contributed by atoms with Crippen molar-refractivity contribution in [2.45, 2.75) is 38.6 Å². The summed E-state index contributed by atoms with van der Waals surface area (Å²) in [5, 5.41) is 6.36. The van der Waals surface area contributed by atoms with Crippen molar-refractivity contribution in [2.75, 3.05) is 25.0 Å². The van der Waals surface area contributed by atoms with Gasteiger partial charge in [0, 0.05) is 29.7 Å². The van der Waals surface area contributed by atoms with Gasteiger partial charge in [-0.05, 0) is 74.7 Å². The first-order chi connectivity index (χ1) is 15.5. The molecule has 2 aliphatic heterocycles. The average Bonchev–Trinajstić information content (AvgIpc) is 2.78. The van der Waals surface area contributed by atoms with Gasteiger partial charge in [-0.1, -0.05) is 30.2 Å².